The van der Waals surface area contributed by atoms with Crippen LogP contribution in [0.1, 0.15) is 12.6 Å². The molecule has 25 heavy (non-hydrogen) atoms. The van der Waals surface area contributed by atoms with E-state index in [4.69, 9.17) is 27.9 Å². The molecule has 0 aliphatic heterocycles. The summed E-state index contributed by atoms with van der Waals surface area (Å²) in [6, 6.07) is 3.16. The van der Waals surface area contributed by atoms with Crippen molar-refractivity contribution < 1.29 is 17.9 Å². The Hall–Kier alpha value is -2.06. The van der Waals surface area contributed by atoms with Crippen LogP contribution in [0.2, 0.25) is 10.0 Å². The molecule has 0 radical (unpaired) electrons. The highest BCUT2D eigenvalue weighted by molar-refractivity contribution is 6.37. The van der Waals surface area contributed by atoms with Gasteiger partial charge < -0.3 is 4.74 Å². The fourth-order valence-corrected chi connectivity index (χ4v) is 2.50. The first-order valence-corrected chi connectivity index (χ1v) is 7.69. The van der Waals surface area contributed by atoms with Crippen LogP contribution in [0, 0.1) is 0 Å². The molecule has 5 nitrogen and oxygen atoms in total. The van der Waals surface area contributed by atoms with Gasteiger partial charge in [0, 0.05) is 18.7 Å². The van der Waals surface area contributed by atoms with Crippen molar-refractivity contribution in [3.63, 3.8) is 0 Å². The third-order valence-electron chi connectivity index (χ3n) is 3.11. The van der Waals surface area contributed by atoms with Gasteiger partial charge in [0.2, 0.25) is 5.43 Å². The van der Waals surface area contributed by atoms with Gasteiger partial charge in [-0.3, -0.25) is 9.48 Å². The van der Waals surface area contributed by atoms with E-state index in [-0.39, 0.29) is 27.0 Å². The van der Waals surface area contributed by atoms with Crippen molar-refractivity contribution in [1.82, 2.24) is 9.78 Å². The van der Waals surface area contributed by atoms with Crippen LogP contribution in [0.3, 0.4) is 0 Å². The van der Waals surface area contributed by atoms with Crippen LogP contribution in [-0.4, -0.2) is 22.8 Å². The van der Waals surface area contributed by atoms with Gasteiger partial charge >= 0.3 is 6.18 Å². The van der Waals surface area contributed by atoms with E-state index >= 15 is 0 Å². The van der Waals surface area contributed by atoms with Crippen molar-refractivity contribution in [2.75, 3.05) is 6.61 Å². The molecule has 0 spiro atoms. The molecule has 1 heterocycles. The second-order valence-corrected chi connectivity index (χ2v) is 5.65. The summed E-state index contributed by atoms with van der Waals surface area (Å²) >= 11 is 12.1. The SMILES string of the molecule is CCOC=Nc1cc(-c2nn(C)c(C(F)(F)F)cc2=O)c(Cl)cc1Cl. The molecule has 0 aliphatic rings. The first-order valence-electron chi connectivity index (χ1n) is 6.94. The van der Waals surface area contributed by atoms with Crippen molar-refractivity contribution in [2.24, 2.45) is 12.0 Å². The lowest BCUT2D eigenvalue weighted by molar-refractivity contribution is -0.144. The normalized spacial score (nSPS) is 12.0. The summed E-state index contributed by atoms with van der Waals surface area (Å²) in [5.74, 6) is 0. The summed E-state index contributed by atoms with van der Waals surface area (Å²) in [6.07, 6.45) is -3.53. The standard InChI is InChI=1S/C15H12Cl2F3N3O2/c1-3-25-7-21-11-4-8(9(16)5-10(11)17)14-12(24)6-13(15(18,19)20)23(2)22-14/h4-7H,3H2,1-2H3. The minimum atomic E-state index is -4.70. The predicted molar refractivity (Wildman–Crippen MR) is 89.7 cm³/mol. The number of ether oxygens (including phenoxy) is 1. The lowest BCUT2D eigenvalue weighted by Gasteiger charge is -2.13. The smallest absolute Gasteiger partial charge is 0.433 e. The molecule has 0 bridgehead atoms. The zero-order valence-corrected chi connectivity index (χ0v) is 14.6. The molecule has 0 aliphatic carbocycles. The van der Waals surface area contributed by atoms with E-state index in [1.54, 1.807) is 6.92 Å². The Kier molecular flexibility index (Phi) is 5.74. The zero-order valence-electron chi connectivity index (χ0n) is 13.1. The topological polar surface area (TPSA) is 56.5 Å². The van der Waals surface area contributed by atoms with Gasteiger partial charge in [-0.15, -0.1) is 0 Å². The van der Waals surface area contributed by atoms with Crippen LogP contribution < -0.4 is 5.43 Å². The molecule has 10 heteroatoms. The molecule has 0 N–H and O–H groups in total. The number of alkyl halides is 3. The third kappa shape index (κ3) is 4.32. The first-order chi connectivity index (χ1) is 11.6. The highest BCUT2D eigenvalue weighted by atomic mass is 35.5. The molecular formula is C15H12Cl2F3N3O2. The van der Waals surface area contributed by atoms with Crippen LogP contribution in [0.25, 0.3) is 11.3 Å². The Morgan fingerprint density at radius 3 is 2.56 bits per heavy atom. The molecule has 0 fully saturated rings. The number of aromatic nitrogens is 2. The van der Waals surface area contributed by atoms with Gasteiger partial charge in [-0.25, -0.2) is 4.99 Å². The summed E-state index contributed by atoms with van der Waals surface area (Å²) in [5, 5.41) is 3.96. The van der Waals surface area contributed by atoms with E-state index in [1.807, 2.05) is 0 Å². The highest BCUT2D eigenvalue weighted by Gasteiger charge is 2.34. The average molecular weight is 394 g/mol. The van der Waals surface area contributed by atoms with Gasteiger partial charge in [0.25, 0.3) is 0 Å². The van der Waals surface area contributed by atoms with Crippen molar-refractivity contribution in [3.8, 4) is 11.3 Å². The summed E-state index contributed by atoms with van der Waals surface area (Å²) in [6.45, 7) is 2.15. The maximum absolute atomic E-state index is 12.9. The zero-order chi connectivity index (χ0) is 18.8. The maximum Gasteiger partial charge on any atom is 0.433 e. The Bertz CT molecular complexity index is 880. The van der Waals surface area contributed by atoms with Crippen molar-refractivity contribution in [3.05, 3.63) is 44.2 Å². The largest absolute Gasteiger partial charge is 0.483 e. The average Bonchev–Trinajstić information content (AvgIpc) is 2.50. The number of aliphatic imine (C=N–C) groups is 1. The van der Waals surface area contributed by atoms with Crippen LogP contribution in [0.15, 0.2) is 28.0 Å². The molecule has 1 aromatic carbocycles. The molecule has 2 rings (SSSR count). The molecule has 0 atom stereocenters. The fourth-order valence-electron chi connectivity index (χ4n) is 1.98. The van der Waals surface area contributed by atoms with Gasteiger partial charge in [-0.05, 0) is 19.1 Å². The number of aryl methyl sites for hydroxylation is 1. The fraction of sp³-hybridized carbons (Fsp3) is 0.267. The van der Waals surface area contributed by atoms with E-state index in [0.29, 0.717) is 17.4 Å². The monoisotopic (exact) mass is 393 g/mol. The molecule has 0 saturated carbocycles. The van der Waals surface area contributed by atoms with Crippen LogP contribution in [-0.2, 0) is 18.0 Å². The number of halogens is 5. The molecular weight excluding hydrogens is 382 g/mol. The summed E-state index contributed by atoms with van der Waals surface area (Å²) in [7, 11) is 1.09. The van der Waals surface area contributed by atoms with Crippen LogP contribution in [0.5, 0.6) is 0 Å². The van der Waals surface area contributed by atoms with Crippen molar-refractivity contribution >= 4 is 35.3 Å². The molecule has 0 saturated heterocycles. The molecule has 0 amide bonds. The maximum atomic E-state index is 12.9. The Labute approximate surface area is 150 Å². The second kappa shape index (κ2) is 7.45. The Balaban J connectivity index is 2.61. The van der Waals surface area contributed by atoms with Crippen LogP contribution >= 0.6 is 23.2 Å². The lowest BCUT2D eigenvalue weighted by Crippen LogP contribution is -2.22. The molecule has 134 valence electrons. The molecule has 0 unspecified atom stereocenters. The van der Waals surface area contributed by atoms with E-state index in [1.165, 1.54) is 12.1 Å². The van der Waals surface area contributed by atoms with Gasteiger partial charge in [0.1, 0.15) is 11.4 Å². The quantitative estimate of drug-likeness (QED) is 0.568. The van der Waals surface area contributed by atoms with Gasteiger partial charge in [0.15, 0.2) is 6.40 Å². The van der Waals surface area contributed by atoms with E-state index in [0.717, 1.165) is 13.4 Å². The van der Waals surface area contributed by atoms with E-state index in [2.05, 4.69) is 10.1 Å². The Morgan fingerprint density at radius 2 is 1.96 bits per heavy atom. The van der Waals surface area contributed by atoms with Gasteiger partial charge in [0.05, 0.1) is 22.3 Å². The lowest BCUT2D eigenvalue weighted by atomic mass is 10.1. The second-order valence-electron chi connectivity index (χ2n) is 4.84. The molecule has 2 aromatic rings. The number of nitrogens with zero attached hydrogens (tertiary/aromatic N) is 3. The first kappa shape index (κ1) is 19.3. The van der Waals surface area contributed by atoms with Gasteiger partial charge in [-0.1, -0.05) is 23.2 Å². The number of hydrogen-bond donors (Lipinski definition) is 0. The van der Waals surface area contributed by atoms with Crippen LogP contribution in [0.4, 0.5) is 18.9 Å². The molecule has 1 aromatic heterocycles. The summed E-state index contributed by atoms with van der Waals surface area (Å²) < 4.78 is 44.1. The highest BCUT2D eigenvalue weighted by Crippen LogP contribution is 2.36. The van der Waals surface area contributed by atoms with E-state index in [9.17, 15) is 18.0 Å². The number of hydrogen-bond acceptors (Lipinski definition) is 4. The third-order valence-corrected chi connectivity index (χ3v) is 3.73. The van der Waals surface area contributed by atoms with E-state index < -0.39 is 17.3 Å². The summed E-state index contributed by atoms with van der Waals surface area (Å²) in [4.78, 5) is 16.1. The number of rotatable bonds is 4. The predicted octanol–water partition coefficient (Wildman–Crippen LogP) is 4.47. The number of benzene rings is 1. The minimum absolute atomic E-state index is 0.0599. The Morgan fingerprint density at radius 1 is 1.28 bits per heavy atom. The van der Waals surface area contributed by atoms with Crippen molar-refractivity contribution in [1.29, 1.82) is 0 Å². The van der Waals surface area contributed by atoms with Gasteiger partial charge in [-0.2, -0.15) is 18.3 Å². The summed E-state index contributed by atoms with van der Waals surface area (Å²) in [5.41, 5.74) is -1.98. The van der Waals surface area contributed by atoms with Crippen molar-refractivity contribution in [2.45, 2.75) is 13.1 Å². The minimum Gasteiger partial charge on any atom is -0.483 e.